The van der Waals surface area contributed by atoms with Crippen LogP contribution in [-0.2, 0) is 6.54 Å². The molecule has 0 aliphatic carbocycles. The summed E-state index contributed by atoms with van der Waals surface area (Å²) in [5.74, 6) is 0.503. The molecule has 2 rings (SSSR count). The van der Waals surface area contributed by atoms with Crippen molar-refractivity contribution in [2.45, 2.75) is 6.54 Å². The van der Waals surface area contributed by atoms with Crippen LogP contribution in [0.1, 0.15) is 4.88 Å². The molecule has 0 saturated heterocycles. The third-order valence-electron chi connectivity index (χ3n) is 2.02. The quantitative estimate of drug-likeness (QED) is 0.693. The minimum absolute atomic E-state index is 0.0369. The number of halogens is 1. The highest BCUT2D eigenvalue weighted by Crippen LogP contribution is 2.21. The monoisotopic (exact) mass is 313 g/mol. The van der Waals surface area contributed by atoms with E-state index in [0.717, 1.165) is 9.35 Å². The zero-order valence-corrected chi connectivity index (χ0v) is 11.0. The van der Waals surface area contributed by atoms with Crippen LogP contribution in [0.2, 0.25) is 0 Å². The van der Waals surface area contributed by atoms with Crippen molar-refractivity contribution in [1.82, 2.24) is 4.98 Å². The molecule has 0 aliphatic heterocycles. The zero-order valence-electron chi connectivity index (χ0n) is 8.59. The lowest BCUT2D eigenvalue weighted by atomic mass is 10.4. The largest absolute Gasteiger partial charge is 0.365 e. The second-order valence-electron chi connectivity index (χ2n) is 3.24. The van der Waals surface area contributed by atoms with Crippen molar-refractivity contribution in [1.29, 1.82) is 0 Å². The number of hydrogen-bond acceptors (Lipinski definition) is 5. The maximum absolute atomic E-state index is 10.6. The van der Waals surface area contributed by atoms with Gasteiger partial charge in [0.25, 0.3) is 5.69 Å². The van der Waals surface area contributed by atoms with Crippen LogP contribution in [0, 0.1) is 10.1 Å². The van der Waals surface area contributed by atoms with Crippen LogP contribution in [0.5, 0.6) is 0 Å². The number of rotatable bonds is 4. The Morgan fingerprint density at radius 2 is 2.35 bits per heavy atom. The number of thiophene rings is 1. The van der Waals surface area contributed by atoms with E-state index in [4.69, 9.17) is 0 Å². The molecule has 88 valence electrons. The van der Waals surface area contributed by atoms with E-state index in [2.05, 4.69) is 26.2 Å². The molecule has 17 heavy (non-hydrogen) atoms. The molecule has 2 aromatic heterocycles. The number of nitro groups is 1. The first-order valence-electron chi connectivity index (χ1n) is 4.72. The summed E-state index contributed by atoms with van der Waals surface area (Å²) in [5, 5.41) is 15.6. The van der Waals surface area contributed by atoms with Gasteiger partial charge in [0.15, 0.2) is 0 Å². The van der Waals surface area contributed by atoms with E-state index in [1.54, 1.807) is 11.3 Å². The van der Waals surface area contributed by atoms with Gasteiger partial charge in [-0.1, -0.05) is 0 Å². The third kappa shape index (κ3) is 3.24. The van der Waals surface area contributed by atoms with Crippen molar-refractivity contribution < 1.29 is 4.92 Å². The first kappa shape index (κ1) is 12.0. The van der Waals surface area contributed by atoms with E-state index in [0.29, 0.717) is 12.4 Å². The summed E-state index contributed by atoms with van der Waals surface area (Å²) >= 11 is 4.98. The lowest BCUT2D eigenvalue weighted by Crippen LogP contribution is -2.00. The van der Waals surface area contributed by atoms with E-state index < -0.39 is 4.92 Å². The van der Waals surface area contributed by atoms with Crippen LogP contribution in [0.15, 0.2) is 34.2 Å². The molecular formula is C10H8BrN3O2S. The van der Waals surface area contributed by atoms with E-state index >= 15 is 0 Å². The average Bonchev–Trinajstić information content (AvgIpc) is 2.73. The highest BCUT2D eigenvalue weighted by atomic mass is 79.9. The van der Waals surface area contributed by atoms with Gasteiger partial charge in [0.1, 0.15) is 5.82 Å². The van der Waals surface area contributed by atoms with E-state index in [9.17, 15) is 10.1 Å². The first-order valence-corrected chi connectivity index (χ1v) is 6.39. The second-order valence-corrected chi connectivity index (χ2v) is 5.15. The SMILES string of the molecule is O=[N+]([O-])c1ccnc(NCc2cc(Br)cs2)c1. The lowest BCUT2D eigenvalue weighted by Gasteiger charge is -2.02. The number of nitrogens with zero attached hydrogens (tertiary/aromatic N) is 2. The highest BCUT2D eigenvalue weighted by molar-refractivity contribution is 9.10. The van der Waals surface area contributed by atoms with Crippen LogP contribution < -0.4 is 5.32 Å². The molecule has 0 amide bonds. The fourth-order valence-electron chi connectivity index (χ4n) is 1.25. The molecule has 2 aromatic rings. The molecule has 1 N–H and O–H groups in total. The maximum Gasteiger partial charge on any atom is 0.274 e. The summed E-state index contributed by atoms with van der Waals surface area (Å²) in [7, 11) is 0. The Kier molecular flexibility index (Phi) is 3.70. The molecule has 5 nitrogen and oxygen atoms in total. The Hall–Kier alpha value is -1.47. The van der Waals surface area contributed by atoms with Gasteiger partial charge in [0.05, 0.1) is 17.5 Å². The third-order valence-corrected chi connectivity index (χ3v) is 3.72. The topological polar surface area (TPSA) is 68.1 Å². The molecule has 2 heterocycles. The van der Waals surface area contributed by atoms with Gasteiger partial charge in [-0.25, -0.2) is 4.98 Å². The van der Waals surface area contributed by atoms with Gasteiger partial charge in [0.2, 0.25) is 0 Å². The van der Waals surface area contributed by atoms with Gasteiger partial charge in [0, 0.05) is 27.0 Å². The number of aromatic nitrogens is 1. The number of nitrogens with one attached hydrogen (secondary N) is 1. The maximum atomic E-state index is 10.6. The molecular weight excluding hydrogens is 306 g/mol. The van der Waals surface area contributed by atoms with Crippen LogP contribution >= 0.6 is 27.3 Å². The highest BCUT2D eigenvalue weighted by Gasteiger charge is 2.06. The van der Waals surface area contributed by atoms with Crippen molar-refractivity contribution in [3.05, 3.63) is 49.2 Å². The Morgan fingerprint density at radius 1 is 1.53 bits per heavy atom. The summed E-state index contributed by atoms with van der Waals surface area (Å²) < 4.78 is 1.03. The van der Waals surface area contributed by atoms with Crippen LogP contribution in [-0.4, -0.2) is 9.91 Å². The summed E-state index contributed by atoms with van der Waals surface area (Å²) in [4.78, 5) is 15.3. The van der Waals surface area contributed by atoms with Crippen molar-refractivity contribution in [2.24, 2.45) is 0 Å². The molecule has 0 aromatic carbocycles. The van der Waals surface area contributed by atoms with Gasteiger partial charge in [-0.05, 0) is 22.0 Å². The summed E-state index contributed by atoms with van der Waals surface area (Å²) in [5.41, 5.74) is 0.0369. The fourth-order valence-corrected chi connectivity index (χ4v) is 2.64. The molecule has 0 bridgehead atoms. The first-order chi connectivity index (χ1) is 8.15. The zero-order chi connectivity index (χ0) is 12.3. The van der Waals surface area contributed by atoms with Gasteiger partial charge in [-0.15, -0.1) is 11.3 Å². The van der Waals surface area contributed by atoms with E-state index in [1.807, 2.05) is 11.4 Å². The Morgan fingerprint density at radius 3 is 3.00 bits per heavy atom. The molecule has 0 radical (unpaired) electrons. The molecule has 0 spiro atoms. The van der Waals surface area contributed by atoms with Gasteiger partial charge in [-0.3, -0.25) is 10.1 Å². The molecule has 0 atom stereocenters. The smallest absolute Gasteiger partial charge is 0.274 e. The van der Waals surface area contributed by atoms with Crippen molar-refractivity contribution in [3.63, 3.8) is 0 Å². The Labute approximate surface area is 110 Å². The fraction of sp³-hybridized carbons (Fsp3) is 0.100. The summed E-state index contributed by atoms with van der Waals surface area (Å²) in [6.45, 7) is 0.602. The lowest BCUT2D eigenvalue weighted by molar-refractivity contribution is -0.384. The van der Waals surface area contributed by atoms with Gasteiger partial charge < -0.3 is 5.32 Å². The van der Waals surface area contributed by atoms with Crippen molar-refractivity contribution in [3.8, 4) is 0 Å². The van der Waals surface area contributed by atoms with Gasteiger partial charge in [-0.2, -0.15) is 0 Å². The van der Waals surface area contributed by atoms with Crippen molar-refractivity contribution >= 4 is 38.8 Å². The van der Waals surface area contributed by atoms with Crippen LogP contribution in [0.3, 0.4) is 0 Å². The minimum atomic E-state index is -0.436. The standard InChI is InChI=1S/C10H8BrN3O2S/c11-7-3-9(17-6-7)5-13-10-4-8(14(15)16)1-2-12-10/h1-4,6H,5H2,(H,12,13). The van der Waals surface area contributed by atoms with Crippen LogP contribution in [0.25, 0.3) is 0 Å². The number of hydrogen-bond donors (Lipinski definition) is 1. The average molecular weight is 314 g/mol. The predicted octanol–water partition coefficient (Wildman–Crippen LogP) is 3.43. The number of pyridine rings is 1. The Balaban J connectivity index is 2.04. The normalized spacial score (nSPS) is 10.2. The summed E-state index contributed by atoms with van der Waals surface area (Å²) in [6.07, 6.45) is 1.42. The Bertz CT molecular complexity index is 544. The minimum Gasteiger partial charge on any atom is -0.365 e. The molecule has 0 fully saturated rings. The number of anilines is 1. The molecule has 7 heteroatoms. The molecule has 0 unspecified atom stereocenters. The van der Waals surface area contributed by atoms with Gasteiger partial charge >= 0.3 is 0 Å². The predicted molar refractivity (Wildman–Crippen MR) is 70.2 cm³/mol. The molecule has 0 saturated carbocycles. The summed E-state index contributed by atoms with van der Waals surface area (Å²) in [6, 6.07) is 4.78. The van der Waals surface area contributed by atoms with Crippen molar-refractivity contribution in [2.75, 3.05) is 5.32 Å². The molecule has 0 aliphatic rings. The van der Waals surface area contributed by atoms with E-state index in [1.165, 1.54) is 18.3 Å². The van der Waals surface area contributed by atoms with E-state index in [-0.39, 0.29) is 5.69 Å². The van der Waals surface area contributed by atoms with Crippen LogP contribution in [0.4, 0.5) is 11.5 Å². The second kappa shape index (κ2) is 5.24.